The van der Waals surface area contributed by atoms with E-state index in [0.717, 1.165) is 6.08 Å². The molecule has 0 unspecified atom stereocenters. The number of hydrogen-bond donors (Lipinski definition) is 0. The second-order valence-electron chi connectivity index (χ2n) is 4.60. The molecule has 92 valence electrons. The monoisotopic (exact) mass is 240 g/mol. The summed E-state index contributed by atoms with van der Waals surface area (Å²) in [6, 6.07) is 0. The van der Waals surface area contributed by atoms with Gasteiger partial charge in [-0.25, -0.2) is 0 Å². The standard InChI is InChI=1S/C11H13F5/c1-6-7(2)9(3,4)5-8(6)10(12,13)11(14,15)16/h5H,1-4H3. The predicted octanol–water partition coefficient (Wildman–Crippen LogP) is 4.49. The Bertz CT molecular complexity index is 368. The normalized spacial score (nSPS) is 21.4. The summed E-state index contributed by atoms with van der Waals surface area (Å²) in [5, 5.41) is 0. The summed E-state index contributed by atoms with van der Waals surface area (Å²) < 4.78 is 63.0. The minimum absolute atomic E-state index is 0.0346. The Morgan fingerprint density at radius 1 is 1.00 bits per heavy atom. The number of rotatable bonds is 1. The summed E-state index contributed by atoms with van der Waals surface area (Å²) in [6.45, 7) is 6.11. The summed E-state index contributed by atoms with van der Waals surface area (Å²) in [5.74, 6) is -4.77. The topological polar surface area (TPSA) is 0 Å². The Morgan fingerprint density at radius 2 is 1.44 bits per heavy atom. The van der Waals surface area contributed by atoms with Crippen LogP contribution in [-0.4, -0.2) is 12.1 Å². The highest BCUT2D eigenvalue weighted by Crippen LogP contribution is 2.50. The molecule has 1 aliphatic carbocycles. The van der Waals surface area contributed by atoms with Crippen molar-refractivity contribution in [3.05, 3.63) is 22.8 Å². The van der Waals surface area contributed by atoms with Crippen molar-refractivity contribution in [3.8, 4) is 0 Å². The molecule has 0 heterocycles. The Hall–Kier alpha value is -0.870. The molecule has 0 radical (unpaired) electrons. The summed E-state index contributed by atoms with van der Waals surface area (Å²) in [4.78, 5) is 0. The van der Waals surface area contributed by atoms with Gasteiger partial charge in [-0.2, -0.15) is 22.0 Å². The molecule has 1 rings (SSSR count). The fraction of sp³-hybridized carbons (Fsp3) is 0.636. The molecule has 0 aromatic heterocycles. The van der Waals surface area contributed by atoms with Gasteiger partial charge in [0.2, 0.25) is 0 Å². The molecule has 0 bridgehead atoms. The quantitative estimate of drug-likeness (QED) is 0.592. The number of alkyl halides is 5. The first-order chi connectivity index (χ1) is 6.91. The van der Waals surface area contributed by atoms with Gasteiger partial charge in [0.05, 0.1) is 0 Å². The second-order valence-corrected chi connectivity index (χ2v) is 4.60. The minimum atomic E-state index is -5.54. The van der Waals surface area contributed by atoms with Crippen LogP contribution in [0, 0.1) is 5.41 Å². The van der Waals surface area contributed by atoms with Crippen LogP contribution >= 0.6 is 0 Å². The molecule has 0 saturated heterocycles. The van der Waals surface area contributed by atoms with Crippen molar-refractivity contribution < 1.29 is 22.0 Å². The maximum absolute atomic E-state index is 13.2. The molecule has 0 amide bonds. The van der Waals surface area contributed by atoms with Crippen LogP contribution in [0.2, 0.25) is 0 Å². The van der Waals surface area contributed by atoms with Crippen LogP contribution in [0.4, 0.5) is 22.0 Å². The Labute approximate surface area is 90.8 Å². The van der Waals surface area contributed by atoms with Gasteiger partial charge in [-0.3, -0.25) is 0 Å². The van der Waals surface area contributed by atoms with E-state index in [-0.39, 0.29) is 5.57 Å². The molecular weight excluding hydrogens is 227 g/mol. The summed E-state index contributed by atoms with van der Waals surface area (Å²) in [7, 11) is 0. The smallest absolute Gasteiger partial charge is 0.191 e. The molecular formula is C11H13F5. The van der Waals surface area contributed by atoms with E-state index < -0.39 is 23.1 Å². The van der Waals surface area contributed by atoms with E-state index in [1.165, 1.54) is 6.92 Å². The van der Waals surface area contributed by atoms with Crippen molar-refractivity contribution in [1.82, 2.24) is 0 Å². The van der Waals surface area contributed by atoms with Crippen molar-refractivity contribution in [1.29, 1.82) is 0 Å². The molecule has 0 aromatic rings. The van der Waals surface area contributed by atoms with E-state index in [4.69, 9.17) is 0 Å². The fourth-order valence-corrected chi connectivity index (χ4v) is 1.74. The Balaban J connectivity index is 3.30. The first kappa shape index (κ1) is 13.2. The van der Waals surface area contributed by atoms with E-state index >= 15 is 0 Å². The largest absolute Gasteiger partial charge is 0.458 e. The maximum atomic E-state index is 13.2. The van der Waals surface area contributed by atoms with Gasteiger partial charge in [0.1, 0.15) is 0 Å². The zero-order valence-corrected chi connectivity index (χ0v) is 9.47. The number of hydrogen-bond acceptors (Lipinski definition) is 0. The summed E-state index contributed by atoms with van der Waals surface area (Å²) in [5.41, 5.74) is -1.07. The average Bonchev–Trinajstić information content (AvgIpc) is 2.27. The number of allylic oxidation sites excluding steroid dienone is 4. The Morgan fingerprint density at radius 3 is 1.69 bits per heavy atom. The van der Waals surface area contributed by atoms with Gasteiger partial charge >= 0.3 is 12.1 Å². The van der Waals surface area contributed by atoms with Crippen LogP contribution in [0.15, 0.2) is 22.8 Å². The summed E-state index contributed by atoms with van der Waals surface area (Å²) >= 11 is 0. The molecule has 16 heavy (non-hydrogen) atoms. The van der Waals surface area contributed by atoms with Gasteiger partial charge in [-0.15, -0.1) is 0 Å². The highest BCUT2D eigenvalue weighted by molar-refractivity contribution is 5.49. The second kappa shape index (κ2) is 3.31. The lowest BCUT2D eigenvalue weighted by atomic mass is 9.88. The highest BCUT2D eigenvalue weighted by Gasteiger charge is 2.61. The molecule has 0 nitrogen and oxygen atoms in total. The van der Waals surface area contributed by atoms with Crippen LogP contribution in [0.25, 0.3) is 0 Å². The van der Waals surface area contributed by atoms with Crippen molar-refractivity contribution >= 4 is 0 Å². The minimum Gasteiger partial charge on any atom is -0.191 e. The van der Waals surface area contributed by atoms with Gasteiger partial charge in [0.25, 0.3) is 0 Å². The zero-order chi connectivity index (χ0) is 12.9. The molecule has 0 fully saturated rings. The third-order valence-corrected chi connectivity index (χ3v) is 3.13. The van der Waals surface area contributed by atoms with Crippen molar-refractivity contribution in [2.75, 3.05) is 0 Å². The zero-order valence-electron chi connectivity index (χ0n) is 9.47. The molecule has 0 N–H and O–H groups in total. The van der Waals surface area contributed by atoms with Gasteiger partial charge < -0.3 is 0 Å². The van der Waals surface area contributed by atoms with E-state index in [1.54, 1.807) is 20.8 Å². The van der Waals surface area contributed by atoms with Gasteiger partial charge in [-0.05, 0) is 19.4 Å². The number of halogens is 5. The lowest BCUT2D eigenvalue weighted by Crippen LogP contribution is -2.38. The van der Waals surface area contributed by atoms with Crippen LogP contribution < -0.4 is 0 Å². The molecule has 0 aromatic carbocycles. The van der Waals surface area contributed by atoms with Crippen LogP contribution in [-0.2, 0) is 0 Å². The lowest BCUT2D eigenvalue weighted by Gasteiger charge is -2.21. The predicted molar refractivity (Wildman–Crippen MR) is 51.2 cm³/mol. The van der Waals surface area contributed by atoms with Crippen molar-refractivity contribution in [2.24, 2.45) is 5.41 Å². The van der Waals surface area contributed by atoms with E-state index in [9.17, 15) is 22.0 Å². The molecule has 0 saturated carbocycles. The molecule has 1 aliphatic rings. The highest BCUT2D eigenvalue weighted by atomic mass is 19.4. The molecule has 5 heteroatoms. The third-order valence-electron chi connectivity index (χ3n) is 3.13. The molecule has 0 atom stereocenters. The Kier molecular flexibility index (Phi) is 2.73. The SMILES string of the molecule is CC1=C(C)C(C)(C)C=C1C(F)(F)C(F)(F)F. The van der Waals surface area contributed by atoms with Gasteiger partial charge in [-0.1, -0.05) is 25.5 Å². The lowest BCUT2D eigenvalue weighted by molar-refractivity contribution is -0.263. The third kappa shape index (κ3) is 1.76. The first-order valence-corrected chi connectivity index (χ1v) is 4.77. The van der Waals surface area contributed by atoms with Crippen LogP contribution in [0.3, 0.4) is 0 Å². The molecule has 0 aliphatic heterocycles. The van der Waals surface area contributed by atoms with E-state index in [0.29, 0.717) is 5.57 Å². The van der Waals surface area contributed by atoms with Crippen LogP contribution in [0.5, 0.6) is 0 Å². The first-order valence-electron chi connectivity index (χ1n) is 4.77. The average molecular weight is 240 g/mol. The van der Waals surface area contributed by atoms with Gasteiger partial charge in [0.15, 0.2) is 0 Å². The molecule has 0 spiro atoms. The van der Waals surface area contributed by atoms with E-state index in [1.807, 2.05) is 0 Å². The van der Waals surface area contributed by atoms with Crippen molar-refractivity contribution in [3.63, 3.8) is 0 Å². The maximum Gasteiger partial charge on any atom is 0.458 e. The van der Waals surface area contributed by atoms with Gasteiger partial charge in [0, 0.05) is 11.0 Å². The van der Waals surface area contributed by atoms with E-state index in [2.05, 4.69) is 0 Å². The fourth-order valence-electron chi connectivity index (χ4n) is 1.74. The van der Waals surface area contributed by atoms with Crippen molar-refractivity contribution in [2.45, 2.75) is 39.8 Å². The van der Waals surface area contributed by atoms with Crippen LogP contribution in [0.1, 0.15) is 27.7 Å². The summed E-state index contributed by atoms with van der Waals surface area (Å²) in [6.07, 6.45) is -4.54.